The van der Waals surface area contributed by atoms with E-state index >= 15 is 0 Å². The van der Waals surface area contributed by atoms with Gasteiger partial charge in [0.15, 0.2) is 11.6 Å². The Labute approximate surface area is 119 Å². The fourth-order valence-corrected chi connectivity index (χ4v) is 2.50. The first-order chi connectivity index (χ1) is 9.58. The van der Waals surface area contributed by atoms with Crippen molar-refractivity contribution in [3.63, 3.8) is 0 Å². The van der Waals surface area contributed by atoms with Gasteiger partial charge in [0.25, 0.3) is 0 Å². The summed E-state index contributed by atoms with van der Waals surface area (Å²) in [7, 11) is 3.41. The Bertz CT molecular complexity index is 599. The van der Waals surface area contributed by atoms with Gasteiger partial charge >= 0.3 is 0 Å². The summed E-state index contributed by atoms with van der Waals surface area (Å²) in [6.07, 6.45) is 0. The van der Waals surface area contributed by atoms with Gasteiger partial charge in [-0.1, -0.05) is 24.3 Å². The van der Waals surface area contributed by atoms with Crippen LogP contribution in [0.15, 0.2) is 30.3 Å². The zero-order valence-corrected chi connectivity index (χ0v) is 12.4. The number of ether oxygens (including phenoxy) is 1. The Morgan fingerprint density at radius 1 is 1.15 bits per heavy atom. The van der Waals surface area contributed by atoms with Crippen LogP contribution in [0, 0.1) is 19.7 Å². The third-order valence-corrected chi connectivity index (χ3v) is 3.54. The maximum atomic E-state index is 14.3. The molecule has 0 bridgehead atoms. The van der Waals surface area contributed by atoms with Crippen molar-refractivity contribution in [1.82, 2.24) is 5.32 Å². The first-order valence-corrected chi connectivity index (χ1v) is 6.66. The van der Waals surface area contributed by atoms with Crippen molar-refractivity contribution in [3.05, 3.63) is 52.8 Å². The molecule has 0 saturated heterocycles. The number of aryl methyl sites for hydroxylation is 2. The van der Waals surface area contributed by atoms with Crippen molar-refractivity contribution in [2.45, 2.75) is 20.4 Å². The largest absolute Gasteiger partial charge is 0.494 e. The van der Waals surface area contributed by atoms with Gasteiger partial charge in [0.05, 0.1) is 7.11 Å². The Morgan fingerprint density at radius 3 is 2.35 bits per heavy atom. The lowest BCUT2D eigenvalue weighted by molar-refractivity contribution is 0.387. The molecular weight excluding hydrogens is 253 g/mol. The first-order valence-electron chi connectivity index (χ1n) is 6.66. The van der Waals surface area contributed by atoms with Crippen molar-refractivity contribution in [2.75, 3.05) is 14.2 Å². The van der Waals surface area contributed by atoms with Crippen LogP contribution < -0.4 is 10.1 Å². The highest BCUT2D eigenvalue weighted by atomic mass is 19.1. The second-order valence-corrected chi connectivity index (χ2v) is 4.94. The third kappa shape index (κ3) is 2.68. The molecular formula is C17H20FNO. The summed E-state index contributed by atoms with van der Waals surface area (Å²) < 4.78 is 19.4. The van der Waals surface area contributed by atoms with E-state index in [1.54, 1.807) is 12.1 Å². The Kier molecular flexibility index (Phi) is 4.40. The molecule has 0 radical (unpaired) electrons. The second kappa shape index (κ2) is 6.06. The van der Waals surface area contributed by atoms with Crippen molar-refractivity contribution in [1.29, 1.82) is 0 Å². The van der Waals surface area contributed by atoms with Crippen LogP contribution in [0.4, 0.5) is 4.39 Å². The molecule has 2 aromatic carbocycles. The number of halogens is 1. The van der Waals surface area contributed by atoms with E-state index in [0.29, 0.717) is 5.56 Å². The average molecular weight is 273 g/mol. The zero-order valence-electron chi connectivity index (χ0n) is 12.4. The van der Waals surface area contributed by atoms with Crippen LogP contribution in [0.3, 0.4) is 0 Å². The predicted molar refractivity (Wildman–Crippen MR) is 80.6 cm³/mol. The van der Waals surface area contributed by atoms with E-state index in [-0.39, 0.29) is 11.6 Å². The van der Waals surface area contributed by atoms with Crippen LogP contribution in [0.2, 0.25) is 0 Å². The maximum Gasteiger partial charge on any atom is 0.172 e. The minimum Gasteiger partial charge on any atom is -0.494 e. The van der Waals surface area contributed by atoms with E-state index in [9.17, 15) is 4.39 Å². The van der Waals surface area contributed by atoms with Gasteiger partial charge in [-0.3, -0.25) is 0 Å². The number of nitrogens with one attached hydrogen (secondary N) is 1. The molecule has 106 valence electrons. The Morgan fingerprint density at radius 2 is 1.80 bits per heavy atom. The van der Waals surface area contributed by atoms with E-state index in [1.807, 2.05) is 25.2 Å². The Hall–Kier alpha value is -1.87. The normalized spacial score (nSPS) is 10.7. The number of methoxy groups -OCH3 is 1. The third-order valence-electron chi connectivity index (χ3n) is 3.54. The van der Waals surface area contributed by atoms with Crippen LogP contribution in [0.5, 0.6) is 5.75 Å². The van der Waals surface area contributed by atoms with E-state index < -0.39 is 0 Å². The summed E-state index contributed by atoms with van der Waals surface area (Å²) in [6, 6.07) is 9.27. The molecule has 20 heavy (non-hydrogen) atoms. The highest BCUT2D eigenvalue weighted by molar-refractivity contribution is 5.68. The summed E-state index contributed by atoms with van der Waals surface area (Å²) >= 11 is 0. The lowest BCUT2D eigenvalue weighted by Gasteiger charge is -2.14. The van der Waals surface area contributed by atoms with E-state index in [0.717, 1.165) is 23.2 Å². The molecule has 0 spiro atoms. The topological polar surface area (TPSA) is 21.3 Å². The number of hydrogen-bond donors (Lipinski definition) is 1. The molecule has 2 nitrogen and oxygen atoms in total. The second-order valence-electron chi connectivity index (χ2n) is 4.94. The van der Waals surface area contributed by atoms with Crippen molar-refractivity contribution in [3.8, 4) is 16.9 Å². The molecule has 0 fully saturated rings. The number of benzene rings is 2. The van der Waals surface area contributed by atoms with Gasteiger partial charge in [0.1, 0.15) is 0 Å². The summed E-state index contributed by atoms with van der Waals surface area (Å²) in [4.78, 5) is 0. The SMILES string of the molecule is CNCc1c(C)cc(-c2cccc(OC)c2F)cc1C. The lowest BCUT2D eigenvalue weighted by Crippen LogP contribution is -2.08. The van der Waals surface area contributed by atoms with Crippen molar-refractivity contribution >= 4 is 0 Å². The van der Waals surface area contributed by atoms with Gasteiger partial charge in [-0.05, 0) is 49.2 Å². The van der Waals surface area contributed by atoms with E-state index in [1.165, 1.54) is 12.7 Å². The minimum atomic E-state index is -0.310. The molecule has 1 N–H and O–H groups in total. The smallest absolute Gasteiger partial charge is 0.172 e. The van der Waals surface area contributed by atoms with Crippen LogP contribution in [0.1, 0.15) is 16.7 Å². The average Bonchev–Trinajstić information content (AvgIpc) is 2.43. The molecule has 0 aliphatic heterocycles. The van der Waals surface area contributed by atoms with Gasteiger partial charge in [-0.15, -0.1) is 0 Å². The summed E-state index contributed by atoms with van der Waals surface area (Å²) in [6.45, 7) is 4.93. The molecule has 0 heterocycles. The number of rotatable bonds is 4. The van der Waals surface area contributed by atoms with Crippen LogP contribution >= 0.6 is 0 Å². The van der Waals surface area contributed by atoms with Gasteiger partial charge < -0.3 is 10.1 Å². The first kappa shape index (κ1) is 14.5. The van der Waals surface area contributed by atoms with Crippen molar-refractivity contribution < 1.29 is 9.13 Å². The van der Waals surface area contributed by atoms with Crippen LogP contribution in [0.25, 0.3) is 11.1 Å². The molecule has 2 rings (SSSR count). The van der Waals surface area contributed by atoms with Gasteiger partial charge in [-0.25, -0.2) is 4.39 Å². The molecule has 0 unspecified atom stereocenters. The highest BCUT2D eigenvalue weighted by Gasteiger charge is 2.12. The quantitative estimate of drug-likeness (QED) is 0.914. The molecule has 0 saturated carbocycles. The van der Waals surface area contributed by atoms with Crippen LogP contribution in [-0.4, -0.2) is 14.2 Å². The molecule has 3 heteroatoms. The molecule has 2 aromatic rings. The molecule has 0 aromatic heterocycles. The van der Waals surface area contributed by atoms with Gasteiger partial charge in [0, 0.05) is 12.1 Å². The highest BCUT2D eigenvalue weighted by Crippen LogP contribution is 2.31. The van der Waals surface area contributed by atoms with Crippen molar-refractivity contribution in [2.24, 2.45) is 0 Å². The predicted octanol–water partition coefficient (Wildman–Crippen LogP) is 3.84. The maximum absolute atomic E-state index is 14.3. The molecule has 0 aliphatic carbocycles. The minimum absolute atomic E-state index is 0.275. The molecule has 0 amide bonds. The van der Waals surface area contributed by atoms with Crippen LogP contribution in [-0.2, 0) is 6.54 Å². The zero-order chi connectivity index (χ0) is 14.7. The molecule has 0 aliphatic rings. The van der Waals surface area contributed by atoms with Gasteiger partial charge in [-0.2, -0.15) is 0 Å². The summed E-state index contributed by atoms with van der Waals surface area (Å²) in [5, 5.41) is 3.16. The Balaban J connectivity index is 2.54. The summed E-state index contributed by atoms with van der Waals surface area (Å²) in [5.41, 5.74) is 5.05. The fraction of sp³-hybridized carbons (Fsp3) is 0.294. The lowest BCUT2D eigenvalue weighted by atomic mass is 9.95. The standard InChI is InChI=1S/C17H20FNO/c1-11-8-13(9-12(2)15(11)10-19-3)14-6-5-7-16(20-4)17(14)18/h5-9,19H,10H2,1-4H3. The van der Waals surface area contributed by atoms with Gasteiger partial charge in [0.2, 0.25) is 0 Å². The number of hydrogen-bond acceptors (Lipinski definition) is 2. The fourth-order valence-electron chi connectivity index (χ4n) is 2.50. The monoisotopic (exact) mass is 273 g/mol. The summed E-state index contributed by atoms with van der Waals surface area (Å²) in [5.74, 6) is -0.0349. The molecule has 0 atom stereocenters. The van der Waals surface area contributed by atoms with E-state index in [2.05, 4.69) is 19.2 Å². The van der Waals surface area contributed by atoms with E-state index in [4.69, 9.17) is 4.74 Å².